The summed E-state index contributed by atoms with van der Waals surface area (Å²) in [5, 5.41) is 5.30. The van der Waals surface area contributed by atoms with Gasteiger partial charge in [-0.3, -0.25) is 13.9 Å². The highest BCUT2D eigenvalue weighted by Crippen LogP contribution is 2.25. The molecule has 0 spiro atoms. The molecule has 0 saturated carbocycles. The van der Waals surface area contributed by atoms with E-state index in [0.717, 1.165) is 0 Å². The number of nitrogens with one attached hydrogen (secondary N) is 2. The predicted octanol–water partition coefficient (Wildman–Crippen LogP) is 2.76. The molecule has 2 aromatic carbocycles. The summed E-state index contributed by atoms with van der Waals surface area (Å²) in [5.74, 6) is -1.89. The average Bonchev–Trinajstić information content (AvgIpc) is 3.05. The molecule has 1 heterocycles. The van der Waals surface area contributed by atoms with Crippen molar-refractivity contribution in [3.8, 4) is 0 Å². The Labute approximate surface area is 175 Å². The Morgan fingerprint density at radius 1 is 1.07 bits per heavy atom. The van der Waals surface area contributed by atoms with Crippen LogP contribution >= 0.6 is 0 Å². The molecule has 0 unspecified atom stereocenters. The number of sulfonamides is 1. The van der Waals surface area contributed by atoms with Crippen molar-refractivity contribution in [3.05, 3.63) is 59.9 Å². The Bertz CT molecular complexity index is 1040. The lowest BCUT2D eigenvalue weighted by atomic mass is 10.0. The molecule has 1 aliphatic rings. The van der Waals surface area contributed by atoms with E-state index in [-0.39, 0.29) is 17.2 Å². The molecule has 0 aromatic heterocycles. The highest BCUT2D eigenvalue weighted by Gasteiger charge is 2.29. The van der Waals surface area contributed by atoms with Gasteiger partial charge in [-0.05, 0) is 48.7 Å². The second-order valence-electron chi connectivity index (χ2n) is 7.45. The van der Waals surface area contributed by atoms with Gasteiger partial charge in [-0.2, -0.15) is 0 Å². The van der Waals surface area contributed by atoms with Gasteiger partial charge in [-0.1, -0.05) is 26.0 Å². The van der Waals surface area contributed by atoms with Crippen LogP contribution in [0.1, 0.15) is 30.6 Å². The smallest absolute Gasteiger partial charge is 0.254 e. The van der Waals surface area contributed by atoms with Gasteiger partial charge in [0.15, 0.2) is 0 Å². The van der Waals surface area contributed by atoms with Gasteiger partial charge in [-0.15, -0.1) is 0 Å². The maximum atomic E-state index is 13.9. The monoisotopic (exact) mass is 433 g/mol. The SMILES string of the molecule is CC(C)[C@@H](NC(=O)c1ccccc1F)C(=O)Nc1ccc(N2CCCS2(=O)=O)cc1. The number of amides is 2. The zero-order valence-corrected chi connectivity index (χ0v) is 17.6. The third-order valence-corrected chi connectivity index (χ3v) is 6.75. The van der Waals surface area contributed by atoms with E-state index in [2.05, 4.69) is 10.6 Å². The standard InChI is InChI=1S/C21H24FN3O4S/c1-14(2)19(24-20(26)17-6-3-4-7-18(17)22)21(27)23-15-8-10-16(11-9-15)25-12-5-13-30(25,28)29/h3-4,6-11,14,19H,5,12-13H2,1-2H3,(H,23,27)(H,24,26)/t19-/m1/s1. The Hall–Kier alpha value is -2.94. The largest absolute Gasteiger partial charge is 0.340 e. The molecule has 1 fully saturated rings. The number of hydrogen-bond donors (Lipinski definition) is 2. The molecule has 9 heteroatoms. The molecule has 2 N–H and O–H groups in total. The molecular weight excluding hydrogens is 409 g/mol. The maximum absolute atomic E-state index is 13.9. The Morgan fingerprint density at radius 2 is 1.73 bits per heavy atom. The van der Waals surface area contributed by atoms with Crippen molar-refractivity contribution >= 4 is 33.2 Å². The second kappa shape index (κ2) is 8.83. The lowest BCUT2D eigenvalue weighted by Gasteiger charge is -2.22. The summed E-state index contributed by atoms with van der Waals surface area (Å²) in [6, 6.07) is 11.2. The van der Waals surface area contributed by atoms with Crippen molar-refractivity contribution in [1.29, 1.82) is 0 Å². The van der Waals surface area contributed by atoms with Gasteiger partial charge >= 0.3 is 0 Å². The number of carbonyl (C=O) groups excluding carboxylic acids is 2. The van der Waals surface area contributed by atoms with E-state index < -0.39 is 33.7 Å². The van der Waals surface area contributed by atoms with Crippen molar-refractivity contribution < 1.29 is 22.4 Å². The summed E-state index contributed by atoms with van der Waals surface area (Å²) in [6.07, 6.45) is 0.582. The topological polar surface area (TPSA) is 95.6 Å². The normalized spacial score (nSPS) is 16.3. The molecule has 0 aliphatic carbocycles. The minimum Gasteiger partial charge on any atom is -0.340 e. The fourth-order valence-electron chi connectivity index (χ4n) is 3.26. The molecular formula is C21H24FN3O4S. The first-order chi connectivity index (χ1) is 14.2. The third kappa shape index (κ3) is 4.79. The van der Waals surface area contributed by atoms with E-state index >= 15 is 0 Å². The molecule has 2 amide bonds. The Kier molecular flexibility index (Phi) is 6.40. The minimum atomic E-state index is -3.28. The third-order valence-electron chi connectivity index (χ3n) is 4.88. The molecule has 30 heavy (non-hydrogen) atoms. The highest BCUT2D eigenvalue weighted by molar-refractivity contribution is 7.93. The van der Waals surface area contributed by atoms with Crippen LogP contribution in [-0.4, -0.2) is 38.6 Å². The fourth-order valence-corrected chi connectivity index (χ4v) is 4.82. The van der Waals surface area contributed by atoms with E-state index in [9.17, 15) is 22.4 Å². The van der Waals surface area contributed by atoms with Crippen molar-refractivity contribution in [2.45, 2.75) is 26.3 Å². The van der Waals surface area contributed by atoms with E-state index in [1.807, 2.05) is 0 Å². The van der Waals surface area contributed by atoms with E-state index in [1.165, 1.54) is 22.5 Å². The summed E-state index contributed by atoms with van der Waals surface area (Å²) < 4.78 is 39.2. The first kappa shape index (κ1) is 21.8. The molecule has 2 aromatic rings. The van der Waals surface area contributed by atoms with Crippen LogP contribution in [0.4, 0.5) is 15.8 Å². The number of rotatable bonds is 6. The van der Waals surface area contributed by atoms with E-state index in [4.69, 9.17) is 0 Å². The first-order valence-electron chi connectivity index (χ1n) is 9.66. The van der Waals surface area contributed by atoms with E-state index in [0.29, 0.717) is 24.3 Å². The molecule has 0 bridgehead atoms. The molecule has 0 radical (unpaired) electrons. The van der Waals surface area contributed by atoms with Gasteiger partial charge in [0.25, 0.3) is 5.91 Å². The van der Waals surface area contributed by atoms with Crippen LogP contribution in [0.2, 0.25) is 0 Å². The number of carbonyl (C=O) groups is 2. The number of halogens is 1. The first-order valence-corrected chi connectivity index (χ1v) is 11.3. The Morgan fingerprint density at radius 3 is 2.30 bits per heavy atom. The minimum absolute atomic E-state index is 0.128. The summed E-state index contributed by atoms with van der Waals surface area (Å²) in [7, 11) is -3.28. The van der Waals surface area contributed by atoms with Crippen LogP contribution in [-0.2, 0) is 14.8 Å². The quantitative estimate of drug-likeness (QED) is 0.732. The molecule has 7 nitrogen and oxygen atoms in total. The summed E-state index contributed by atoms with van der Waals surface area (Å²) in [5.41, 5.74) is 0.872. The van der Waals surface area contributed by atoms with E-state index in [1.54, 1.807) is 44.2 Å². The van der Waals surface area contributed by atoms with Crippen LogP contribution in [0.25, 0.3) is 0 Å². The van der Waals surface area contributed by atoms with Gasteiger partial charge in [0.1, 0.15) is 11.9 Å². The van der Waals surface area contributed by atoms with Gasteiger partial charge in [-0.25, -0.2) is 12.8 Å². The Balaban J connectivity index is 1.69. The van der Waals surface area contributed by atoms with Gasteiger partial charge in [0.05, 0.1) is 17.0 Å². The van der Waals surface area contributed by atoms with Crippen molar-refractivity contribution in [1.82, 2.24) is 5.32 Å². The molecule has 160 valence electrons. The molecule has 1 saturated heterocycles. The summed E-state index contributed by atoms with van der Waals surface area (Å²) in [4.78, 5) is 25.1. The fraction of sp³-hybridized carbons (Fsp3) is 0.333. The molecule has 3 rings (SSSR count). The van der Waals surface area contributed by atoms with Crippen LogP contribution in [0.3, 0.4) is 0 Å². The van der Waals surface area contributed by atoms with Crippen LogP contribution < -0.4 is 14.9 Å². The highest BCUT2D eigenvalue weighted by atomic mass is 32.2. The number of anilines is 2. The molecule has 1 atom stereocenters. The van der Waals surface area contributed by atoms with Crippen LogP contribution in [0.15, 0.2) is 48.5 Å². The number of hydrogen-bond acceptors (Lipinski definition) is 4. The molecule has 1 aliphatic heterocycles. The van der Waals surface area contributed by atoms with Gasteiger partial charge in [0, 0.05) is 12.2 Å². The average molecular weight is 434 g/mol. The summed E-state index contributed by atoms with van der Waals surface area (Å²) in [6.45, 7) is 3.98. The zero-order chi connectivity index (χ0) is 21.9. The lowest BCUT2D eigenvalue weighted by Crippen LogP contribution is -2.47. The second-order valence-corrected chi connectivity index (χ2v) is 9.47. The predicted molar refractivity (Wildman–Crippen MR) is 113 cm³/mol. The zero-order valence-electron chi connectivity index (χ0n) is 16.8. The van der Waals surface area contributed by atoms with Crippen molar-refractivity contribution in [2.75, 3.05) is 21.9 Å². The number of benzene rings is 2. The van der Waals surface area contributed by atoms with Crippen LogP contribution in [0, 0.1) is 11.7 Å². The van der Waals surface area contributed by atoms with Crippen LogP contribution in [0.5, 0.6) is 0 Å². The van der Waals surface area contributed by atoms with Crippen molar-refractivity contribution in [3.63, 3.8) is 0 Å². The summed E-state index contributed by atoms with van der Waals surface area (Å²) >= 11 is 0. The van der Waals surface area contributed by atoms with Gasteiger partial charge in [0.2, 0.25) is 15.9 Å². The maximum Gasteiger partial charge on any atom is 0.254 e. The van der Waals surface area contributed by atoms with Gasteiger partial charge < -0.3 is 10.6 Å². The van der Waals surface area contributed by atoms with Crippen molar-refractivity contribution in [2.24, 2.45) is 5.92 Å². The number of nitrogens with zero attached hydrogens (tertiary/aromatic N) is 1. The lowest BCUT2D eigenvalue weighted by molar-refractivity contribution is -0.118.